The zero-order chi connectivity index (χ0) is 26.8. The molecular weight excluding hydrogens is 555 g/mol. The summed E-state index contributed by atoms with van der Waals surface area (Å²) in [6.45, 7) is 0. The zero-order valence-corrected chi connectivity index (χ0v) is 22.7. The first-order chi connectivity index (χ1) is 19.1. The standard InChI is InChI=1S/C26H21N7O3S3/c34-19(11-17-12-29-39-32-17)30-20-24(35)33-21(18(13-38-25(20)33)23-27-14-28-31-23)26(37)36-22(15-7-3-1-4-8-15)16-9-5-2-6-10-16/h1-10,12,14,20,22,25H,11,13H2,(H,30,34)(H,27,28,31)/t20-,25-/m1/s1. The van der Waals surface area contributed by atoms with Crippen LogP contribution in [0.3, 0.4) is 0 Å². The van der Waals surface area contributed by atoms with Crippen LogP contribution in [-0.2, 0) is 20.7 Å². The second-order valence-electron chi connectivity index (χ2n) is 8.80. The van der Waals surface area contributed by atoms with Crippen LogP contribution in [0.25, 0.3) is 5.57 Å². The van der Waals surface area contributed by atoms with Gasteiger partial charge in [0.15, 0.2) is 5.82 Å². The van der Waals surface area contributed by atoms with Crippen molar-refractivity contribution in [1.29, 1.82) is 0 Å². The SMILES string of the molecule is O=C(Cc1cnsn1)N[C@@H]1C(=O)N2C(C(=S)OC(c3ccccc3)c3ccccc3)=C(c3ncn[nH]3)CS[C@H]12. The molecule has 2 atom stereocenters. The van der Waals surface area contributed by atoms with Gasteiger partial charge in [-0.05, 0) is 23.3 Å². The fourth-order valence-corrected chi connectivity index (χ4v) is 6.64. The predicted molar refractivity (Wildman–Crippen MR) is 150 cm³/mol. The number of rotatable bonds is 8. The van der Waals surface area contributed by atoms with E-state index in [1.807, 2.05) is 60.7 Å². The van der Waals surface area contributed by atoms with E-state index in [1.165, 1.54) is 18.1 Å². The van der Waals surface area contributed by atoms with Crippen LogP contribution in [0, 0.1) is 0 Å². The van der Waals surface area contributed by atoms with Gasteiger partial charge in [0.1, 0.15) is 29.5 Å². The molecule has 0 saturated carbocycles. The maximum Gasteiger partial charge on any atom is 0.253 e. The molecule has 0 spiro atoms. The van der Waals surface area contributed by atoms with Crippen LogP contribution >= 0.6 is 35.7 Å². The average Bonchev–Trinajstić information content (AvgIpc) is 3.70. The van der Waals surface area contributed by atoms with Crippen LogP contribution in [-0.4, -0.2) is 62.9 Å². The van der Waals surface area contributed by atoms with Crippen LogP contribution < -0.4 is 5.32 Å². The highest BCUT2D eigenvalue weighted by Crippen LogP contribution is 2.44. The molecule has 2 N–H and O–H groups in total. The molecule has 2 amide bonds. The Kier molecular flexibility index (Phi) is 7.18. The van der Waals surface area contributed by atoms with Crippen molar-refractivity contribution in [3.8, 4) is 0 Å². The maximum atomic E-state index is 13.5. The highest BCUT2D eigenvalue weighted by atomic mass is 32.2. The summed E-state index contributed by atoms with van der Waals surface area (Å²) in [5.41, 5.74) is 3.58. The van der Waals surface area contributed by atoms with E-state index in [4.69, 9.17) is 17.0 Å². The van der Waals surface area contributed by atoms with Crippen molar-refractivity contribution in [2.75, 3.05) is 5.75 Å². The summed E-state index contributed by atoms with van der Waals surface area (Å²) in [6.07, 6.45) is 2.52. The quantitative estimate of drug-likeness (QED) is 0.241. The van der Waals surface area contributed by atoms with E-state index in [1.54, 1.807) is 11.1 Å². The Morgan fingerprint density at radius 2 is 1.87 bits per heavy atom. The number of benzene rings is 2. The number of carbonyl (C=O) groups is 2. The molecule has 2 aliphatic heterocycles. The summed E-state index contributed by atoms with van der Waals surface area (Å²) in [4.78, 5) is 32.0. The number of H-pyrrole nitrogens is 1. The Balaban J connectivity index is 1.29. The predicted octanol–water partition coefficient (Wildman–Crippen LogP) is 3.14. The lowest BCUT2D eigenvalue weighted by molar-refractivity contribution is -0.145. The molecule has 4 aromatic rings. The normalized spacial score (nSPS) is 18.5. The van der Waals surface area contributed by atoms with Crippen LogP contribution in [0.2, 0.25) is 0 Å². The number of aromatic nitrogens is 5. The summed E-state index contributed by atoms with van der Waals surface area (Å²) in [5, 5.41) is 9.54. The number of fused-ring (bicyclic) bond motifs is 1. The topological polar surface area (TPSA) is 126 Å². The van der Waals surface area contributed by atoms with Gasteiger partial charge in [-0.2, -0.15) is 13.8 Å². The second kappa shape index (κ2) is 11.0. The fraction of sp³-hybridized carbons (Fsp3) is 0.192. The van der Waals surface area contributed by atoms with Gasteiger partial charge >= 0.3 is 0 Å². The van der Waals surface area contributed by atoms with Crippen molar-refractivity contribution in [3.63, 3.8) is 0 Å². The first-order valence-electron chi connectivity index (χ1n) is 12.0. The molecule has 13 heteroatoms. The first-order valence-corrected chi connectivity index (χ1v) is 14.2. The van der Waals surface area contributed by atoms with E-state index in [2.05, 4.69) is 29.2 Å². The Morgan fingerprint density at radius 1 is 1.15 bits per heavy atom. The molecule has 0 aliphatic carbocycles. The summed E-state index contributed by atoms with van der Waals surface area (Å²) in [6, 6.07) is 18.9. The van der Waals surface area contributed by atoms with Crippen molar-refractivity contribution in [1.82, 2.24) is 34.1 Å². The number of nitrogens with zero attached hydrogens (tertiary/aromatic N) is 5. The number of thiocarbonyl (C=S) groups is 1. The average molecular weight is 576 g/mol. The largest absolute Gasteiger partial charge is 0.469 e. The monoisotopic (exact) mass is 575 g/mol. The van der Waals surface area contributed by atoms with Crippen LogP contribution in [0.5, 0.6) is 0 Å². The molecule has 1 fully saturated rings. The molecule has 4 heterocycles. The molecule has 10 nitrogen and oxygen atoms in total. The Bertz CT molecular complexity index is 1470. The number of hydrogen-bond donors (Lipinski definition) is 2. The number of ether oxygens (including phenoxy) is 1. The number of carbonyl (C=O) groups excluding carboxylic acids is 2. The molecule has 0 radical (unpaired) electrons. The van der Waals surface area contributed by atoms with Gasteiger partial charge in [-0.1, -0.05) is 60.7 Å². The van der Waals surface area contributed by atoms with Crippen molar-refractivity contribution in [3.05, 3.63) is 102 Å². The molecule has 2 aromatic carbocycles. The van der Waals surface area contributed by atoms with Crippen LogP contribution in [0.15, 0.2) is 78.9 Å². The molecular formula is C26H21N7O3S3. The fourth-order valence-electron chi connectivity index (χ4n) is 4.54. The van der Waals surface area contributed by atoms with Gasteiger partial charge in [-0.15, -0.1) is 11.8 Å². The van der Waals surface area contributed by atoms with Crippen molar-refractivity contribution < 1.29 is 14.3 Å². The van der Waals surface area contributed by atoms with Crippen LogP contribution in [0.4, 0.5) is 0 Å². The third-order valence-corrected chi connectivity index (χ3v) is 8.44. The minimum atomic E-state index is -0.692. The number of amides is 2. The molecule has 196 valence electrons. The molecule has 0 unspecified atom stereocenters. The molecule has 39 heavy (non-hydrogen) atoms. The van der Waals surface area contributed by atoms with Crippen molar-refractivity contribution >= 4 is 58.1 Å². The number of β-lactam (4-membered cyclic amide) rings is 1. The maximum absolute atomic E-state index is 13.5. The Labute approximate surface area is 237 Å². The number of aromatic amines is 1. The van der Waals surface area contributed by atoms with E-state index in [0.717, 1.165) is 22.9 Å². The molecule has 6 rings (SSSR count). The van der Waals surface area contributed by atoms with E-state index in [9.17, 15) is 9.59 Å². The molecule has 1 saturated heterocycles. The van der Waals surface area contributed by atoms with Gasteiger partial charge < -0.3 is 10.1 Å². The first kappa shape index (κ1) is 25.3. The molecule has 0 bridgehead atoms. The summed E-state index contributed by atoms with van der Waals surface area (Å²) >= 11 is 8.43. The smallest absolute Gasteiger partial charge is 0.253 e. The Hall–Kier alpha value is -3.94. The summed E-state index contributed by atoms with van der Waals surface area (Å²) < 4.78 is 14.5. The Morgan fingerprint density at radius 3 is 2.49 bits per heavy atom. The van der Waals surface area contributed by atoms with Gasteiger partial charge in [0.25, 0.3) is 5.91 Å². The lowest BCUT2D eigenvalue weighted by Crippen LogP contribution is -2.70. The number of nitrogens with one attached hydrogen (secondary N) is 2. The molecule has 2 aliphatic rings. The van der Waals surface area contributed by atoms with Gasteiger partial charge in [0.05, 0.1) is 30.0 Å². The number of hydrogen-bond acceptors (Lipinski definition) is 10. The van der Waals surface area contributed by atoms with Gasteiger partial charge in [-0.25, -0.2) is 4.98 Å². The second-order valence-corrected chi connectivity index (χ2v) is 10.8. The van der Waals surface area contributed by atoms with Gasteiger partial charge in [0, 0.05) is 11.3 Å². The summed E-state index contributed by atoms with van der Waals surface area (Å²) in [5.74, 6) is 0.437. The third-order valence-electron chi connectivity index (χ3n) is 6.36. The van der Waals surface area contributed by atoms with E-state index >= 15 is 0 Å². The minimum Gasteiger partial charge on any atom is -0.469 e. The lowest BCUT2D eigenvalue weighted by Gasteiger charge is -2.50. The third kappa shape index (κ3) is 5.07. The van der Waals surface area contributed by atoms with E-state index in [0.29, 0.717) is 28.5 Å². The van der Waals surface area contributed by atoms with Crippen molar-refractivity contribution in [2.24, 2.45) is 0 Å². The van der Waals surface area contributed by atoms with Gasteiger partial charge in [-0.3, -0.25) is 19.6 Å². The molecule has 2 aromatic heterocycles. The lowest BCUT2D eigenvalue weighted by atomic mass is 10.0. The number of thioether (sulfide) groups is 1. The van der Waals surface area contributed by atoms with E-state index < -0.39 is 12.1 Å². The zero-order valence-electron chi connectivity index (χ0n) is 20.3. The van der Waals surface area contributed by atoms with E-state index in [-0.39, 0.29) is 28.7 Å². The summed E-state index contributed by atoms with van der Waals surface area (Å²) in [7, 11) is 0. The van der Waals surface area contributed by atoms with Crippen molar-refractivity contribution in [2.45, 2.75) is 23.9 Å². The highest BCUT2D eigenvalue weighted by Gasteiger charge is 2.54. The minimum absolute atomic E-state index is 0.0566. The highest BCUT2D eigenvalue weighted by molar-refractivity contribution is 8.00. The van der Waals surface area contributed by atoms with Crippen LogP contribution in [0.1, 0.15) is 28.7 Å². The van der Waals surface area contributed by atoms with Gasteiger partial charge in [0.2, 0.25) is 11.0 Å².